The van der Waals surface area contributed by atoms with E-state index in [-0.39, 0.29) is 11.5 Å². The summed E-state index contributed by atoms with van der Waals surface area (Å²) in [5, 5.41) is 9.93. The molecular weight excluding hydrogens is 437 g/mol. The normalized spacial score (nSPS) is 11.5. The first-order valence-corrected chi connectivity index (χ1v) is 10.00. The van der Waals surface area contributed by atoms with Gasteiger partial charge in [0.25, 0.3) is 0 Å². The molecule has 0 radical (unpaired) electrons. The average Bonchev–Trinajstić information content (AvgIpc) is 3.09. The summed E-state index contributed by atoms with van der Waals surface area (Å²) in [6.45, 7) is 1.04. The van der Waals surface area contributed by atoms with Crippen molar-refractivity contribution >= 4 is 17.5 Å². The first-order chi connectivity index (χ1) is 15.6. The third-order valence-electron chi connectivity index (χ3n) is 4.81. The molecule has 0 unspecified atom stereocenters. The lowest BCUT2D eigenvalue weighted by atomic mass is 10.1. The van der Waals surface area contributed by atoms with Crippen LogP contribution in [0, 0.1) is 0 Å². The summed E-state index contributed by atoms with van der Waals surface area (Å²) in [6.07, 6.45) is -4.46. The largest absolute Gasteiger partial charge is 0.497 e. The fourth-order valence-electron chi connectivity index (χ4n) is 3.04. The molecule has 176 valence electrons. The Bertz CT molecular complexity index is 1090. The van der Waals surface area contributed by atoms with Gasteiger partial charge in [-0.15, -0.1) is 0 Å². The summed E-state index contributed by atoms with van der Waals surface area (Å²) in [5.74, 6) is 0.702. The molecule has 2 amide bonds. The first kappa shape index (κ1) is 23.9. The lowest BCUT2D eigenvalue weighted by Gasteiger charge is -2.12. The summed E-state index contributed by atoms with van der Waals surface area (Å²) >= 11 is 0. The van der Waals surface area contributed by atoms with Crippen LogP contribution in [0.5, 0.6) is 5.75 Å². The topological polar surface area (TPSA) is 97.4 Å². The van der Waals surface area contributed by atoms with E-state index in [0.717, 1.165) is 12.1 Å². The van der Waals surface area contributed by atoms with Crippen molar-refractivity contribution in [2.45, 2.75) is 6.18 Å². The predicted molar refractivity (Wildman–Crippen MR) is 121 cm³/mol. The highest BCUT2D eigenvalue weighted by Gasteiger charge is 2.30. The fourth-order valence-corrected chi connectivity index (χ4v) is 3.04. The molecule has 2 aromatic carbocycles. The molecule has 0 bridgehead atoms. The average molecular weight is 462 g/mol. The van der Waals surface area contributed by atoms with Gasteiger partial charge in [0.15, 0.2) is 5.82 Å². The van der Waals surface area contributed by atoms with E-state index in [1.807, 2.05) is 19.0 Å². The Morgan fingerprint density at radius 1 is 1.12 bits per heavy atom. The number of ether oxygens (including phenoxy) is 1. The lowest BCUT2D eigenvalue weighted by Crippen LogP contribution is -2.34. The van der Waals surface area contributed by atoms with Gasteiger partial charge in [-0.2, -0.15) is 18.3 Å². The molecule has 1 aromatic heterocycles. The summed E-state index contributed by atoms with van der Waals surface area (Å²) in [6, 6.07) is 10.9. The summed E-state index contributed by atoms with van der Waals surface area (Å²) < 4.78 is 45.3. The van der Waals surface area contributed by atoms with Crippen LogP contribution in [0.15, 0.2) is 48.5 Å². The number of halogens is 3. The number of rotatable bonds is 7. The molecule has 4 N–H and O–H groups in total. The number of hydrogen-bond donors (Lipinski definition) is 3. The zero-order valence-electron chi connectivity index (χ0n) is 18.4. The number of alkyl halides is 3. The van der Waals surface area contributed by atoms with E-state index in [9.17, 15) is 18.0 Å². The zero-order chi connectivity index (χ0) is 24.2. The maximum absolute atomic E-state index is 12.9. The van der Waals surface area contributed by atoms with E-state index < -0.39 is 17.8 Å². The molecular formula is C22H25F3N6O2. The number of nitrogens with zero attached hydrogens (tertiary/aromatic N) is 3. The van der Waals surface area contributed by atoms with Crippen LogP contribution in [0.3, 0.4) is 0 Å². The molecule has 0 spiro atoms. The molecule has 3 rings (SSSR count). The Morgan fingerprint density at radius 3 is 2.30 bits per heavy atom. The minimum atomic E-state index is -4.46. The number of likely N-dealkylation sites (N-methyl/N-ethyl adjacent to an activating group) is 1. The van der Waals surface area contributed by atoms with E-state index in [0.29, 0.717) is 35.8 Å². The number of amides is 2. The molecule has 0 aliphatic rings. The van der Waals surface area contributed by atoms with E-state index in [1.54, 1.807) is 24.3 Å². The van der Waals surface area contributed by atoms with Gasteiger partial charge >= 0.3 is 12.2 Å². The van der Waals surface area contributed by atoms with Crippen molar-refractivity contribution in [2.24, 2.45) is 0 Å². The van der Waals surface area contributed by atoms with Gasteiger partial charge in [-0.25, -0.2) is 9.48 Å². The minimum Gasteiger partial charge on any atom is -0.497 e. The Balaban J connectivity index is 1.98. The number of nitrogens with two attached hydrogens (primary N) is 1. The minimum absolute atomic E-state index is 0.0725. The maximum Gasteiger partial charge on any atom is 0.416 e. The number of anilines is 2. The molecule has 11 heteroatoms. The van der Waals surface area contributed by atoms with Crippen molar-refractivity contribution in [1.29, 1.82) is 0 Å². The third-order valence-corrected chi connectivity index (χ3v) is 4.81. The fraction of sp³-hybridized carbons (Fsp3) is 0.273. The van der Waals surface area contributed by atoms with E-state index in [1.165, 1.54) is 23.9 Å². The van der Waals surface area contributed by atoms with Crippen LogP contribution in [-0.2, 0) is 6.18 Å². The van der Waals surface area contributed by atoms with Crippen molar-refractivity contribution in [3.8, 4) is 22.7 Å². The van der Waals surface area contributed by atoms with E-state index in [2.05, 4.69) is 15.7 Å². The molecule has 1 heterocycles. The standard InChI is InChI=1S/C22H25F3N6O2/c1-30(2)13-12-27-21(32)28-19-18(14-4-10-17(33-3)11-5-14)29-31(20(19)26)16-8-6-15(7-9-16)22(23,24)25/h4-11H,12-13,26H2,1-3H3,(H2,27,28,32). The Kier molecular flexibility index (Phi) is 7.12. The first-order valence-electron chi connectivity index (χ1n) is 10.00. The van der Waals surface area contributed by atoms with Gasteiger partial charge in [-0.1, -0.05) is 0 Å². The van der Waals surface area contributed by atoms with Gasteiger partial charge in [0.05, 0.1) is 18.4 Å². The summed E-state index contributed by atoms with van der Waals surface area (Å²) in [4.78, 5) is 14.4. The second kappa shape index (κ2) is 9.82. The van der Waals surface area contributed by atoms with Crippen molar-refractivity contribution in [1.82, 2.24) is 20.0 Å². The molecule has 0 saturated heterocycles. The van der Waals surface area contributed by atoms with Crippen molar-refractivity contribution < 1.29 is 22.7 Å². The third kappa shape index (κ3) is 5.75. The van der Waals surface area contributed by atoms with Gasteiger partial charge in [0, 0.05) is 18.7 Å². The van der Waals surface area contributed by atoms with Crippen LogP contribution in [0.25, 0.3) is 16.9 Å². The second-order valence-electron chi connectivity index (χ2n) is 7.48. The van der Waals surface area contributed by atoms with Crippen LogP contribution < -0.4 is 21.1 Å². The Labute approximate surface area is 189 Å². The molecule has 8 nitrogen and oxygen atoms in total. The highest BCUT2D eigenvalue weighted by molar-refractivity contribution is 5.97. The van der Waals surface area contributed by atoms with Crippen LogP contribution in [0.1, 0.15) is 5.56 Å². The number of benzene rings is 2. The van der Waals surface area contributed by atoms with Gasteiger partial charge in [0.2, 0.25) is 0 Å². The van der Waals surface area contributed by atoms with Gasteiger partial charge in [-0.3, -0.25) is 0 Å². The number of aromatic nitrogens is 2. The number of urea groups is 1. The predicted octanol–water partition coefficient (Wildman–Crippen LogP) is 3.83. The zero-order valence-corrected chi connectivity index (χ0v) is 18.4. The highest BCUT2D eigenvalue weighted by atomic mass is 19.4. The van der Waals surface area contributed by atoms with Gasteiger partial charge in [0.1, 0.15) is 17.1 Å². The molecule has 0 aliphatic carbocycles. The van der Waals surface area contributed by atoms with Crippen LogP contribution in [0.2, 0.25) is 0 Å². The number of nitrogens with one attached hydrogen (secondary N) is 2. The summed E-state index contributed by atoms with van der Waals surface area (Å²) in [5.41, 5.74) is 7.04. The Morgan fingerprint density at radius 2 is 1.76 bits per heavy atom. The smallest absolute Gasteiger partial charge is 0.416 e. The number of nitrogen functional groups attached to an aromatic ring is 1. The van der Waals surface area contributed by atoms with Gasteiger partial charge in [-0.05, 0) is 62.6 Å². The molecule has 33 heavy (non-hydrogen) atoms. The van der Waals surface area contributed by atoms with Gasteiger partial charge < -0.3 is 26.0 Å². The number of hydrogen-bond acceptors (Lipinski definition) is 5. The van der Waals surface area contributed by atoms with E-state index in [4.69, 9.17) is 10.5 Å². The van der Waals surface area contributed by atoms with Crippen LogP contribution in [0.4, 0.5) is 29.5 Å². The van der Waals surface area contributed by atoms with Crippen LogP contribution in [-0.4, -0.2) is 55.0 Å². The quantitative estimate of drug-likeness (QED) is 0.496. The number of methoxy groups -OCH3 is 1. The number of carbonyl (C=O) groups excluding carboxylic acids is 1. The van der Waals surface area contributed by atoms with Crippen LogP contribution >= 0.6 is 0 Å². The number of carbonyl (C=O) groups is 1. The lowest BCUT2D eigenvalue weighted by molar-refractivity contribution is -0.137. The second-order valence-corrected chi connectivity index (χ2v) is 7.48. The Hall–Kier alpha value is -3.73. The molecule has 0 atom stereocenters. The highest BCUT2D eigenvalue weighted by Crippen LogP contribution is 2.35. The van der Waals surface area contributed by atoms with Crippen molar-refractivity contribution in [2.75, 3.05) is 45.3 Å². The monoisotopic (exact) mass is 462 g/mol. The van der Waals surface area contributed by atoms with Crippen molar-refractivity contribution in [3.05, 3.63) is 54.1 Å². The maximum atomic E-state index is 12.9. The molecule has 0 saturated carbocycles. The molecule has 0 fully saturated rings. The molecule has 3 aromatic rings. The van der Waals surface area contributed by atoms with Crippen molar-refractivity contribution in [3.63, 3.8) is 0 Å². The molecule has 0 aliphatic heterocycles. The summed E-state index contributed by atoms with van der Waals surface area (Å²) in [7, 11) is 5.30. The SMILES string of the molecule is COc1ccc(-c2nn(-c3ccc(C(F)(F)F)cc3)c(N)c2NC(=O)NCCN(C)C)cc1. The van der Waals surface area contributed by atoms with E-state index >= 15 is 0 Å².